The summed E-state index contributed by atoms with van der Waals surface area (Å²) in [7, 11) is 2.24. The molecule has 3 heteroatoms. The Morgan fingerprint density at radius 1 is 1.35 bits per heavy atom. The molecule has 0 unspecified atom stereocenters. The topological polar surface area (TPSA) is 16.1 Å². The Bertz CT molecular complexity index is 520. The summed E-state index contributed by atoms with van der Waals surface area (Å²) < 4.78 is 1.29. The van der Waals surface area contributed by atoms with Crippen LogP contribution >= 0.6 is 11.3 Å². The summed E-state index contributed by atoms with van der Waals surface area (Å²) in [5.74, 6) is 0.833. The minimum Gasteiger partial charge on any atom is -0.299 e. The number of likely N-dealkylation sites (tertiary alicyclic amines) is 1. The fourth-order valence-electron chi connectivity index (χ4n) is 2.88. The van der Waals surface area contributed by atoms with Crippen molar-refractivity contribution in [1.29, 1.82) is 0 Å². The number of aromatic nitrogens is 1. The molecule has 1 fully saturated rings. The van der Waals surface area contributed by atoms with Gasteiger partial charge in [0.1, 0.15) is 0 Å². The summed E-state index contributed by atoms with van der Waals surface area (Å²) in [5.41, 5.74) is 4.51. The molecule has 90 valence electrons. The molecular formula is C14H18N2S. The second-order valence-corrected chi connectivity index (χ2v) is 6.10. The quantitative estimate of drug-likeness (QED) is 0.762. The molecule has 1 aliphatic rings. The van der Waals surface area contributed by atoms with Crippen LogP contribution in [0.1, 0.15) is 31.4 Å². The van der Waals surface area contributed by atoms with Crippen molar-refractivity contribution in [2.24, 2.45) is 5.92 Å². The van der Waals surface area contributed by atoms with Gasteiger partial charge in [-0.1, -0.05) is 13.0 Å². The van der Waals surface area contributed by atoms with Crippen LogP contribution in [0.3, 0.4) is 0 Å². The van der Waals surface area contributed by atoms with E-state index in [-0.39, 0.29) is 0 Å². The van der Waals surface area contributed by atoms with Crippen LogP contribution in [-0.2, 0) is 0 Å². The molecule has 2 atom stereocenters. The van der Waals surface area contributed by atoms with Gasteiger partial charge in [-0.05, 0) is 43.5 Å². The zero-order chi connectivity index (χ0) is 11.8. The summed E-state index contributed by atoms with van der Waals surface area (Å²) in [5, 5.41) is 0. The molecule has 0 spiro atoms. The number of nitrogens with zero attached hydrogens (tertiary/aromatic N) is 2. The molecule has 2 heterocycles. The molecule has 1 aliphatic heterocycles. The van der Waals surface area contributed by atoms with Gasteiger partial charge in [-0.15, -0.1) is 11.3 Å². The smallest absolute Gasteiger partial charge is 0.0815 e. The number of benzene rings is 1. The zero-order valence-electron chi connectivity index (χ0n) is 10.4. The monoisotopic (exact) mass is 246 g/mol. The molecule has 0 aliphatic carbocycles. The predicted molar refractivity (Wildman–Crippen MR) is 73.4 cm³/mol. The van der Waals surface area contributed by atoms with Crippen molar-refractivity contribution in [2.75, 3.05) is 13.6 Å². The third kappa shape index (κ3) is 2.09. The van der Waals surface area contributed by atoms with E-state index in [1.807, 2.05) is 5.51 Å². The van der Waals surface area contributed by atoms with Crippen LogP contribution in [-0.4, -0.2) is 23.5 Å². The second-order valence-electron chi connectivity index (χ2n) is 5.22. The van der Waals surface area contributed by atoms with E-state index >= 15 is 0 Å². The maximum absolute atomic E-state index is 4.41. The summed E-state index contributed by atoms with van der Waals surface area (Å²) >= 11 is 1.72. The lowest BCUT2D eigenvalue weighted by Gasteiger charge is -2.36. The summed E-state index contributed by atoms with van der Waals surface area (Å²) in [6.07, 6.45) is 2.61. The summed E-state index contributed by atoms with van der Waals surface area (Å²) in [6, 6.07) is 7.34. The van der Waals surface area contributed by atoms with E-state index in [9.17, 15) is 0 Å². The van der Waals surface area contributed by atoms with Gasteiger partial charge in [-0.25, -0.2) is 4.98 Å². The third-order valence-corrected chi connectivity index (χ3v) is 4.61. The Kier molecular flexibility index (Phi) is 2.89. The van der Waals surface area contributed by atoms with Crippen LogP contribution < -0.4 is 0 Å². The van der Waals surface area contributed by atoms with Crippen LogP contribution in [0.15, 0.2) is 23.7 Å². The Morgan fingerprint density at radius 3 is 3.06 bits per heavy atom. The summed E-state index contributed by atoms with van der Waals surface area (Å²) in [4.78, 5) is 6.90. The van der Waals surface area contributed by atoms with E-state index in [4.69, 9.17) is 0 Å². The van der Waals surface area contributed by atoms with Gasteiger partial charge in [0, 0.05) is 12.6 Å². The fourth-order valence-corrected chi connectivity index (χ4v) is 3.54. The molecule has 0 saturated carbocycles. The van der Waals surface area contributed by atoms with E-state index < -0.39 is 0 Å². The molecule has 2 aromatic rings. The summed E-state index contributed by atoms with van der Waals surface area (Å²) in [6.45, 7) is 3.55. The lowest BCUT2D eigenvalue weighted by molar-refractivity contribution is 0.146. The Labute approximate surface area is 106 Å². The molecule has 1 saturated heterocycles. The fraction of sp³-hybridized carbons (Fsp3) is 0.500. The first-order valence-corrected chi connectivity index (χ1v) is 7.15. The molecule has 0 bridgehead atoms. The van der Waals surface area contributed by atoms with Gasteiger partial charge in [0.15, 0.2) is 0 Å². The highest BCUT2D eigenvalue weighted by Crippen LogP contribution is 2.33. The first kappa shape index (κ1) is 11.2. The minimum atomic E-state index is 0.581. The number of fused-ring (bicyclic) bond motifs is 1. The standard InChI is InChI=1S/C14H18N2S/c1-10-3-5-13(16(2)8-10)11-4-6-14-12(7-11)15-9-17-14/h4,6-7,9-10,13H,3,5,8H2,1-2H3/t10-,13+/m0/s1. The number of hydrogen-bond acceptors (Lipinski definition) is 3. The third-order valence-electron chi connectivity index (χ3n) is 3.80. The van der Waals surface area contributed by atoms with Gasteiger partial charge in [0.25, 0.3) is 0 Å². The number of hydrogen-bond donors (Lipinski definition) is 0. The van der Waals surface area contributed by atoms with E-state index in [0.29, 0.717) is 6.04 Å². The van der Waals surface area contributed by atoms with Crippen molar-refractivity contribution in [3.05, 3.63) is 29.3 Å². The van der Waals surface area contributed by atoms with E-state index in [0.717, 1.165) is 11.4 Å². The molecule has 2 nitrogen and oxygen atoms in total. The maximum atomic E-state index is 4.41. The van der Waals surface area contributed by atoms with Crippen LogP contribution in [0.5, 0.6) is 0 Å². The van der Waals surface area contributed by atoms with Crippen molar-refractivity contribution in [1.82, 2.24) is 9.88 Å². The lowest BCUT2D eigenvalue weighted by Crippen LogP contribution is -2.33. The van der Waals surface area contributed by atoms with Crippen LogP contribution in [0.4, 0.5) is 0 Å². The van der Waals surface area contributed by atoms with Crippen molar-refractivity contribution in [3.63, 3.8) is 0 Å². The highest BCUT2D eigenvalue weighted by Gasteiger charge is 2.24. The maximum Gasteiger partial charge on any atom is 0.0815 e. The van der Waals surface area contributed by atoms with Crippen LogP contribution in [0, 0.1) is 5.92 Å². The van der Waals surface area contributed by atoms with Gasteiger partial charge in [0.2, 0.25) is 0 Å². The molecule has 3 rings (SSSR count). The van der Waals surface area contributed by atoms with Crippen molar-refractivity contribution in [2.45, 2.75) is 25.8 Å². The van der Waals surface area contributed by atoms with E-state index in [1.54, 1.807) is 11.3 Å². The molecular weight excluding hydrogens is 228 g/mol. The van der Waals surface area contributed by atoms with Gasteiger partial charge in [-0.2, -0.15) is 0 Å². The molecule has 17 heavy (non-hydrogen) atoms. The Morgan fingerprint density at radius 2 is 2.24 bits per heavy atom. The Hall–Kier alpha value is -0.930. The number of piperidine rings is 1. The van der Waals surface area contributed by atoms with Crippen LogP contribution in [0.25, 0.3) is 10.2 Å². The zero-order valence-corrected chi connectivity index (χ0v) is 11.2. The first-order chi connectivity index (χ1) is 8.24. The van der Waals surface area contributed by atoms with Gasteiger partial charge < -0.3 is 0 Å². The van der Waals surface area contributed by atoms with Crippen molar-refractivity contribution < 1.29 is 0 Å². The molecule has 1 aromatic carbocycles. The molecule has 1 aromatic heterocycles. The Balaban J connectivity index is 1.92. The minimum absolute atomic E-state index is 0.581. The SMILES string of the molecule is C[C@H]1CC[C@H](c2ccc3scnc3c2)N(C)C1. The average Bonchev–Trinajstić information content (AvgIpc) is 2.75. The van der Waals surface area contributed by atoms with Gasteiger partial charge in [0.05, 0.1) is 15.7 Å². The predicted octanol–water partition coefficient (Wildman–Crippen LogP) is 3.70. The van der Waals surface area contributed by atoms with Gasteiger partial charge >= 0.3 is 0 Å². The molecule has 0 amide bonds. The lowest BCUT2D eigenvalue weighted by atomic mass is 9.90. The molecule has 0 N–H and O–H groups in total. The molecule has 0 radical (unpaired) electrons. The van der Waals surface area contributed by atoms with Crippen molar-refractivity contribution in [3.8, 4) is 0 Å². The van der Waals surface area contributed by atoms with Crippen molar-refractivity contribution >= 4 is 21.6 Å². The largest absolute Gasteiger partial charge is 0.299 e. The van der Waals surface area contributed by atoms with E-state index in [2.05, 4.69) is 42.1 Å². The highest BCUT2D eigenvalue weighted by molar-refractivity contribution is 7.16. The number of rotatable bonds is 1. The number of thiazole rings is 1. The second kappa shape index (κ2) is 4.39. The average molecular weight is 246 g/mol. The first-order valence-electron chi connectivity index (χ1n) is 6.27. The van der Waals surface area contributed by atoms with Crippen LogP contribution in [0.2, 0.25) is 0 Å². The normalized spacial score (nSPS) is 26.5. The highest BCUT2D eigenvalue weighted by atomic mass is 32.1. The van der Waals surface area contributed by atoms with E-state index in [1.165, 1.54) is 29.6 Å². The van der Waals surface area contributed by atoms with Gasteiger partial charge in [-0.3, -0.25) is 4.90 Å².